The molecule has 0 N–H and O–H groups in total. The van der Waals surface area contributed by atoms with Gasteiger partial charge in [-0.25, -0.2) is 0 Å². The summed E-state index contributed by atoms with van der Waals surface area (Å²) in [5.41, 5.74) is 2.39. The van der Waals surface area contributed by atoms with Gasteiger partial charge in [0.05, 0.1) is 12.6 Å². The first-order valence-electron chi connectivity index (χ1n) is 7.46. The van der Waals surface area contributed by atoms with Gasteiger partial charge in [-0.3, -0.25) is 4.79 Å². The molecule has 2 aromatic carbocycles. The van der Waals surface area contributed by atoms with E-state index in [9.17, 15) is 4.79 Å². The van der Waals surface area contributed by atoms with Crippen LogP contribution in [0.2, 0.25) is 0 Å². The van der Waals surface area contributed by atoms with Crippen molar-refractivity contribution in [3.8, 4) is 5.75 Å². The second-order valence-electron chi connectivity index (χ2n) is 5.41. The van der Waals surface area contributed by atoms with Crippen LogP contribution in [-0.4, -0.2) is 17.3 Å². The molecule has 0 saturated carbocycles. The number of ether oxygens (including phenoxy) is 1. The van der Waals surface area contributed by atoms with Crippen molar-refractivity contribution in [3.63, 3.8) is 0 Å². The fourth-order valence-corrected chi connectivity index (χ4v) is 3.01. The Labute approximate surface area is 133 Å². The number of ketones is 1. The van der Waals surface area contributed by atoms with Gasteiger partial charge in [0, 0.05) is 22.5 Å². The van der Waals surface area contributed by atoms with Crippen LogP contribution in [0.1, 0.15) is 16.1 Å². The summed E-state index contributed by atoms with van der Waals surface area (Å²) in [5.74, 6) is 0.751. The Morgan fingerprint density at radius 1 is 0.870 bits per heavy atom. The number of hydrogen-bond donors (Lipinski definition) is 0. The maximum absolute atomic E-state index is 13.1. The van der Waals surface area contributed by atoms with E-state index in [2.05, 4.69) is 6.07 Å². The fourth-order valence-electron chi connectivity index (χ4n) is 3.01. The maximum atomic E-state index is 13.1. The van der Waals surface area contributed by atoms with Gasteiger partial charge in [0.25, 0.3) is 0 Å². The molecule has 4 rings (SSSR count). The topological polar surface area (TPSA) is 30.7 Å². The summed E-state index contributed by atoms with van der Waals surface area (Å²) < 4.78 is 7.13. The van der Waals surface area contributed by atoms with E-state index in [1.807, 2.05) is 59.1 Å². The van der Waals surface area contributed by atoms with Crippen LogP contribution in [0.5, 0.6) is 5.75 Å². The Kier molecular flexibility index (Phi) is 3.12. The van der Waals surface area contributed by atoms with Gasteiger partial charge in [-0.15, -0.1) is 0 Å². The van der Waals surface area contributed by atoms with Crippen LogP contribution in [0.25, 0.3) is 16.3 Å². The lowest BCUT2D eigenvalue weighted by atomic mass is 10.0. The number of nitrogens with zero attached hydrogens (tertiary/aromatic N) is 1. The zero-order chi connectivity index (χ0) is 15.8. The van der Waals surface area contributed by atoms with E-state index < -0.39 is 0 Å². The Hall–Kier alpha value is -3.07. The second kappa shape index (κ2) is 5.29. The minimum Gasteiger partial charge on any atom is -0.497 e. The molecule has 2 heterocycles. The van der Waals surface area contributed by atoms with Crippen LogP contribution in [0.3, 0.4) is 0 Å². The van der Waals surface area contributed by atoms with E-state index in [4.69, 9.17) is 4.74 Å². The number of pyridine rings is 1. The van der Waals surface area contributed by atoms with Gasteiger partial charge in [0.2, 0.25) is 5.78 Å². The zero-order valence-electron chi connectivity index (χ0n) is 12.7. The summed E-state index contributed by atoms with van der Waals surface area (Å²) in [5, 5.41) is 2.06. The first-order valence-corrected chi connectivity index (χ1v) is 7.46. The van der Waals surface area contributed by atoms with E-state index in [1.54, 1.807) is 19.2 Å². The summed E-state index contributed by atoms with van der Waals surface area (Å²) in [6.07, 6.45) is 1.94. The van der Waals surface area contributed by atoms with Crippen molar-refractivity contribution in [1.29, 1.82) is 0 Å². The van der Waals surface area contributed by atoms with E-state index in [-0.39, 0.29) is 5.78 Å². The predicted octanol–water partition coefficient (Wildman–Crippen LogP) is 4.33. The van der Waals surface area contributed by atoms with Crippen LogP contribution < -0.4 is 4.74 Å². The molecule has 0 radical (unpaired) electrons. The molecule has 0 atom stereocenters. The number of rotatable bonds is 3. The van der Waals surface area contributed by atoms with Crippen molar-refractivity contribution in [3.05, 3.63) is 84.2 Å². The third-order valence-electron chi connectivity index (χ3n) is 4.13. The normalized spacial score (nSPS) is 11.0. The molecule has 3 nitrogen and oxygen atoms in total. The lowest BCUT2D eigenvalue weighted by Gasteiger charge is -2.05. The van der Waals surface area contributed by atoms with Crippen molar-refractivity contribution < 1.29 is 9.53 Å². The molecular formula is C20H15NO2. The van der Waals surface area contributed by atoms with Gasteiger partial charge in [0.1, 0.15) is 11.4 Å². The molecule has 0 aliphatic heterocycles. The van der Waals surface area contributed by atoms with Gasteiger partial charge < -0.3 is 9.14 Å². The molecule has 4 aromatic rings. The zero-order valence-corrected chi connectivity index (χ0v) is 12.7. The predicted molar refractivity (Wildman–Crippen MR) is 91.3 cm³/mol. The van der Waals surface area contributed by atoms with E-state index in [1.165, 1.54) is 0 Å². The van der Waals surface area contributed by atoms with E-state index in [0.717, 1.165) is 22.0 Å². The lowest BCUT2D eigenvalue weighted by Crippen LogP contribution is -2.05. The SMILES string of the molecule is COc1ccc(C(=O)c2c3ccccc3c3ccccn23)cc1. The smallest absolute Gasteiger partial charge is 0.210 e. The van der Waals surface area contributed by atoms with E-state index >= 15 is 0 Å². The fraction of sp³-hybridized carbons (Fsp3) is 0.0500. The number of aromatic nitrogens is 1. The Bertz CT molecular complexity index is 960. The van der Waals surface area contributed by atoms with Crippen LogP contribution in [-0.2, 0) is 0 Å². The Morgan fingerprint density at radius 2 is 1.57 bits per heavy atom. The number of methoxy groups -OCH3 is 1. The molecule has 0 spiro atoms. The molecule has 112 valence electrons. The summed E-state index contributed by atoms with van der Waals surface area (Å²) in [7, 11) is 1.62. The maximum Gasteiger partial charge on any atom is 0.210 e. The van der Waals surface area contributed by atoms with Gasteiger partial charge in [0.15, 0.2) is 0 Å². The average Bonchev–Trinajstić information content (AvgIpc) is 2.96. The second-order valence-corrected chi connectivity index (χ2v) is 5.41. The first kappa shape index (κ1) is 13.6. The Morgan fingerprint density at radius 3 is 2.30 bits per heavy atom. The van der Waals surface area contributed by atoms with Gasteiger partial charge in [-0.2, -0.15) is 0 Å². The molecule has 23 heavy (non-hydrogen) atoms. The van der Waals surface area contributed by atoms with Crippen molar-refractivity contribution in [1.82, 2.24) is 4.40 Å². The molecule has 3 heteroatoms. The summed E-state index contributed by atoms with van der Waals surface area (Å²) >= 11 is 0. The number of carbonyl (C=O) groups excluding carboxylic acids is 1. The number of fused-ring (bicyclic) bond motifs is 3. The highest BCUT2D eigenvalue weighted by Crippen LogP contribution is 2.28. The molecule has 0 bridgehead atoms. The van der Waals surface area contributed by atoms with Crippen LogP contribution >= 0.6 is 0 Å². The Balaban J connectivity index is 1.97. The van der Waals surface area contributed by atoms with Crippen LogP contribution in [0.15, 0.2) is 72.9 Å². The van der Waals surface area contributed by atoms with Crippen LogP contribution in [0, 0.1) is 0 Å². The van der Waals surface area contributed by atoms with Crippen molar-refractivity contribution in [2.24, 2.45) is 0 Å². The molecule has 0 aliphatic carbocycles. The lowest BCUT2D eigenvalue weighted by molar-refractivity contribution is 0.103. The molecule has 0 unspecified atom stereocenters. The highest BCUT2D eigenvalue weighted by molar-refractivity contribution is 6.19. The number of benzene rings is 2. The standard InChI is InChI=1S/C20H15NO2/c1-23-15-11-9-14(10-12-15)20(22)19-17-7-3-2-6-16(17)18-8-4-5-13-21(18)19/h2-13H,1H3. The molecule has 2 aromatic heterocycles. The molecule has 0 amide bonds. The third-order valence-corrected chi connectivity index (χ3v) is 4.13. The van der Waals surface area contributed by atoms with Crippen molar-refractivity contribution in [2.45, 2.75) is 0 Å². The molecular weight excluding hydrogens is 286 g/mol. The minimum absolute atomic E-state index is 0.00931. The summed E-state index contributed by atoms with van der Waals surface area (Å²) in [6.45, 7) is 0. The van der Waals surface area contributed by atoms with Crippen molar-refractivity contribution >= 4 is 22.1 Å². The monoisotopic (exact) mass is 301 g/mol. The first-order chi connectivity index (χ1) is 11.3. The van der Waals surface area contributed by atoms with Gasteiger partial charge in [-0.05, 0) is 36.4 Å². The number of hydrogen-bond acceptors (Lipinski definition) is 2. The third kappa shape index (κ3) is 2.09. The van der Waals surface area contributed by atoms with E-state index in [0.29, 0.717) is 11.3 Å². The van der Waals surface area contributed by atoms with Crippen LogP contribution in [0.4, 0.5) is 0 Å². The summed E-state index contributed by atoms with van der Waals surface area (Å²) in [6, 6.07) is 21.2. The number of carbonyl (C=O) groups is 1. The minimum atomic E-state index is 0.00931. The summed E-state index contributed by atoms with van der Waals surface area (Å²) in [4.78, 5) is 13.1. The molecule has 0 fully saturated rings. The van der Waals surface area contributed by atoms with Gasteiger partial charge >= 0.3 is 0 Å². The molecule has 0 aliphatic rings. The molecule has 0 saturated heterocycles. The van der Waals surface area contributed by atoms with Crippen molar-refractivity contribution in [2.75, 3.05) is 7.11 Å². The van der Waals surface area contributed by atoms with Gasteiger partial charge in [-0.1, -0.05) is 30.3 Å². The highest BCUT2D eigenvalue weighted by atomic mass is 16.5. The quantitative estimate of drug-likeness (QED) is 0.527. The highest BCUT2D eigenvalue weighted by Gasteiger charge is 2.18. The average molecular weight is 301 g/mol. The largest absolute Gasteiger partial charge is 0.497 e.